The smallest absolute Gasteiger partial charge is 0.339 e. The normalized spacial score (nSPS) is 12.5. The molecule has 2 aromatic carbocycles. The molecule has 7 nitrogen and oxygen atoms in total. The molecule has 0 aromatic heterocycles. The monoisotopic (exact) mass is 397 g/mol. The number of anilines is 1. The molecule has 1 amide bonds. The van der Waals surface area contributed by atoms with E-state index in [1.807, 2.05) is 18.2 Å². The minimum absolute atomic E-state index is 0.127. The quantitative estimate of drug-likeness (QED) is 0.753. The van der Waals surface area contributed by atoms with E-state index in [2.05, 4.69) is 10.1 Å². The molecule has 0 atom stereocenters. The summed E-state index contributed by atoms with van der Waals surface area (Å²) in [5.41, 5.74) is 3.07. The van der Waals surface area contributed by atoms with Gasteiger partial charge in [0.1, 0.15) is 5.75 Å². The molecule has 0 aliphatic heterocycles. The molecule has 1 aliphatic rings. The fourth-order valence-corrected chi connectivity index (χ4v) is 3.32. The number of carbonyl (C=O) groups excluding carboxylic acids is 3. The Morgan fingerprint density at radius 2 is 1.62 bits per heavy atom. The lowest BCUT2D eigenvalue weighted by molar-refractivity contribution is -0.118. The van der Waals surface area contributed by atoms with E-state index < -0.39 is 17.8 Å². The number of aryl methyl sites for hydroxylation is 2. The zero-order chi connectivity index (χ0) is 20.8. The lowest BCUT2D eigenvalue weighted by Crippen LogP contribution is -2.22. The van der Waals surface area contributed by atoms with E-state index in [1.54, 1.807) is 0 Å². The second-order valence-corrected chi connectivity index (χ2v) is 6.72. The summed E-state index contributed by atoms with van der Waals surface area (Å²) >= 11 is 0. The highest BCUT2D eigenvalue weighted by molar-refractivity contribution is 6.03. The third kappa shape index (κ3) is 4.93. The number of fused-ring (bicyclic) bond motifs is 1. The largest absolute Gasteiger partial charge is 0.484 e. The molecule has 1 aliphatic carbocycles. The van der Waals surface area contributed by atoms with Gasteiger partial charge in [-0.2, -0.15) is 0 Å². The van der Waals surface area contributed by atoms with Crippen molar-refractivity contribution in [3.8, 4) is 5.75 Å². The lowest BCUT2D eigenvalue weighted by Gasteiger charge is -2.17. The Balaban J connectivity index is 1.70. The molecular weight excluding hydrogens is 374 g/mol. The van der Waals surface area contributed by atoms with Crippen LogP contribution in [0.2, 0.25) is 0 Å². The zero-order valence-electron chi connectivity index (χ0n) is 16.4. The summed E-state index contributed by atoms with van der Waals surface area (Å²) in [4.78, 5) is 36.1. The molecule has 1 N–H and O–H groups in total. The van der Waals surface area contributed by atoms with Crippen molar-refractivity contribution in [3.05, 3.63) is 58.7 Å². The predicted octanol–water partition coefficient (Wildman–Crippen LogP) is 3.16. The SMILES string of the molecule is COC(=O)c1ccc(C(=O)OC)c(NC(=O)COc2ccc3c(c2)CCCC3)c1. The third-order valence-corrected chi connectivity index (χ3v) is 4.81. The fourth-order valence-electron chi connectivity index (χ4n) is 3.32. The number of esters is 2. The Morgan fingerprint density at radius 3 is 2.34 bits per heavy atom. The highest BCUT2D eigenvalue weighted by Gasteiger charge is 2.18. The molecule has 0 unspecified atom stereocenters. The van der Waals surface area contributed by atoms with Gasteiger partial charge in [0, 0.05) is 0 Å². The number of methoxy groups -OCH3 is 2. The molecule has 7 heteroatoms. The molecule has 0 radical (unpaired) electrons. The Kier molecular flexibility index (Phi) is 6.49. The molecule has 2 aromatic rings. The van der Waals surface area contributed by atoms with Crippen LogP contribution in [0.3, 0.4) is 0 Å². The van der Waals surface area contributed by atoms with Crippen LogP contribution in [-0.4, -0.2) is 38.7 Å². The molecule has 0 spiro atoms. The van der Waals surface area contributed by atoms with Crippen LogP contribution >= 0.6 is 0 Å². The van der Waals surface area contributed by atoms with E-state index >= 15 is 0 Å². The topological polar surface area (TPSA) is 90.9 Å². The van der Waals surface area contributed by atoms with Crippen LogP contribution < -0.4 is 10.1 Å². The summed E-state index contributed by atoms with van der Waals surface area (Å²) in [5.74, 6) is -1.05. The van der Waals surface area contributed by atoms with Crippen molar-refractivity contribution in [2.75, 3.05) is 26.1 Å². The number of nitrogens with one attached hydrogen (secondary N) is 1. The molecule has 29 heavy (non-hydrogen) atoms. The van der Waals surface area contributed by atoms with Gasteiger partial charge < -0.3 is 19.5 Å². The fraction of sp³-hybridized carbons (Fsp3) is 0.318. The third-order valence-electron chi connectivity index (χ3n) is 4.81. The maximum Gasteiger partial charge on any atom is 0.339 e. The maximum absolute atomic E-state index is 12.4. The lowest BCUT2D eigenvalue weighted by atomic mass is 9.92. The Hall–Kier alpha value is -3.35. The Bertz CT molecular complexity index is 937. The van der Waals surface area contributed by atoms with Crippen molar-refractivity contribution in [2.45, 2.75) is 25.7 Å². The first-order valence-electron chi connectivity index (χ1n) is 9.37. The van der Waals surface area contributed by atoms with E-state index in [9.17, 15) is 14.4 Å². The number of hydrogen-bond donors (Lipinski definition) is 1. The number of ether oxygens (including phenoxy) is 3. The van der Waals surface area contributed by atoms with Crippen LogP contribution in [0.25, 0.3) is 0 Å². The van der Waals surface area contributed by atoms with E-state index in [0.29, 0.717) is 5.75 Å². The van der Waals surface area contributed by atoms with Gasteiger partial charge >= 0.3 is 11.9 Å². The zero-order valence-corrected chi connectivity index (χ0v) is 16.4. The Morgan fingerprint density at radius 1 is 0.897 bits per heavy atom. The van der Waals surface area contributed by atoms with Gasteiger partial charge in [-0.25, -0.2) is 9.59 Å². The minimum atomic E-state index is -0.632. The summed E-state index contributed by atoms with van der Waals surface area (Å²) in [6.45, 7) is -0.234. The van der Waals surface area contributed by atoms with Gasteiger partial charge in [0.25, 0.3) is 5.91 Å². The second-order valence-electron chi connectivity index (χ2n) is 6.72. The van der Waals surface area contributed by atoms with Crippen molar-refractivity contribution >= 4 is 23.5 Å². The first-order chi connectivity index (χ1) is 14.0. The van der Waals surface area contributed by atoms with Crippen molar-refractivity contribution in [2.24, 2.45) is 0 Å². The summed E-state index contributed by atoms with van der Waals surface area (Å²) < 4.78 is 15.0. The van der Waals surface area contributed by atoms with Crippen LogP contribution in [0.4, 0.5) is 5.69 Å². The number of hydrogen-bond acceptors (Lipinski definition) is 6. The first-order valence-corrected chi connectivity index (χ1v) is 9.37. The molecular formula is C22H23NO6. The first kappa shape index (κ1) is 20.4. The van der Waals surface area contributed by atoms with Gasteiger partial charge in [-0.1, -0.05) is 6.07 Å². The van der Waals surface area contributed by atoms with Crippen molar-refractivity contribution < 1.29 is 28.6 Å². The summed E-state index contributed by atoms with van der Waals surface area (Å²) in [6.07, 6.45) is 4.44. The van der Waals surface area contributed by atoms with Crippen LogP contribution in [0, 0.1) is 0 Å². The molecule has 0 saturated carbocycles. The molecule has 152 valence electrons. The summed E-state index contributed by atoms with van der Waals surface area (Å²) in [5, 5.41) is 2.61. The van der Waals surface area contributed by atoms with Crippen LogP contribution in [0.1, 0.15) is 44.7 Å². The highest BCUT2D eigenvalue weighted by Crippen LogP contribution is 2.25. The second kappa shape index (κ2) is 9.23. The van der Waals surface area contributed by atoms with Crippen LogP contribution in [0.15, 0.2) is 36.4 Å². The number of benzene rings is 2. The molecule has 0 bridgehead atoms. The Labute approximate surface area is 169 Å². The molecule has 0 heterocycles. The van der Waals surface area contributed by atoms with Gasteiger partial charge in [-0.05, 0) is 67.1 Å². The average Bonchev–Trinajstić information content (AvgIpc) is 2.76. The van der Waals surface area contributed by atoms with E-state index in [0.717, 1.165) is 19.3 Å². The van der Waals surface area contributed by atoms with Gasteiger partial charge in [-0.3, -0.25) is 4.79 Å². The highest BCUT2D eigenvalue weighted by atomic mass is 16.5. The van der Waals surface area contributed by atoms with Gasteiger partial charge in [0.15, 0.2) is 6.61 Å². The average molecular weight is 397 g/mol. The van der Waals surface area contributed by atoms with Crippen molar-refractivity contribution in [3.63, 3.8) is 0 Å². The van der Waals surface area contributed by atoms with Crippen molar-refractivity contribution in [1.82, 2.24) is 0 Å². The van der Waals surface area contributed by atoms with E-state index in [1.165, 1.54) is 50.0 Å². The maximum atomic E-state index is 12.4. The summed E-state index contributed by atoms with van der Waals surface area (Å²) in [6, 6.07) is 10.1. The standard InChI is InChI=1S/C22H23NO6/c1-27-21(25)16-8-10-18(22(26)28-2)19(12-16)23-20(24)13-29-17-9-7-14-5-3-4-6-15(14)11-17/h7-12H,3-6,13H2,1-2H3,(H,23,24). The van der Waals surface area contributed by atoms with Gasteiger partial charge in [-0.15, -0.1) is 0 Å². The minimum Gasteiger partial charge on any atom is -0.484 e. The van der Waals surface area contributed by atoms with E-state index in [-0.39, 0.29) is 23.4 Å². The number of rotatable bonds is 6. The molecule has 0 fully saturated rings. The number of carbonyl (C=O) groups is 3. The van der Waals surface area contributed by atoms with Crippen LogP contribution in [-0.2, 0) is 27.1 Å². The van der Waals surface area contributed by atoms with Crippen LogP contribution in [0.5, 0.6) is 5.75 Å². The van der Waals surface area contributed by atoms with E-state index in [4.69, 9.17) is 9.47 Å². The van der Waals surface area contributed by atoms with Gasteiger partial charge in [0.05, 0.1) is 31.0 Å². The predicted molar refractivity (Wildman–Crippen MR) is 106 cm³/mol. The molecule has 0 saturated heterocycles. The summed E-state index contributed by atoms with van der Waals surface area (Å²) in [7, 11) is 2.49. The van der Waals surface area contributed by atoms with Gasteiger partial charge in [0.2, 0.25) is 0 Å². The van der Waals surface area contributed by atoms with Crippen molar-refractivity contribution in [1.29, 1.82) is 0 Å². The number of amides is 1. The molecule has 3 rings (SSSR count).